The Labute approximate surface area is 150 Å². The van der Waals surface area contributed by atoms with Gasteiger partial charge in [0.1, 0.15) is 29.1 Å². The Balaban J connectivity index is 1.84. The fourth-order valence-electron chi connectivity index (χ4n) is 3.13. The summed E-state index contributed by atoms with van der Waals surface area (Å²) in [6.07, 6.45) is -4.45. The lowest BCUT2D eigenvalue weighted by atomic mass is 9.63. The third-order valence-electron chi connectivity index (χ3n) is 4.41. The van der Waals surface area contributed by atoms with E-state index < -0.39 is 46.5 Å². The Morgan fingerprint density at radius 1 is 1.22 bits per heavy atom. The molecule has 1 aliphatic carbocycles. The number of rotatable bonds is 4. The normalized spacial score (nSPS) is 21.9. The second-order valence-electron chi connectivity index (χ2n) is 6.17. The van der Waals surface area contributed by atoms with E-state index >= 15 is 0 Å². The van der Waals surface area contributed by atoms with Crippen LogP contribution in [0.1, 0.15) is 24.0 Å². The van der Waals surface area contributed by atoms with Gasteiger partial charge in [-0.3, -0.25) is 0 Å². The Kier molecular flexibility index (Phi) is 4.65. The molecule has 0 amide bonds. The highest BCUT2D eigenvalue weighted by atomic mass is 19.4. The molecule has 0 spiro atoms. The predicted octanol–water partition coefficient (Wildman–Crippen LogP) is 3.67. The number of nitrogens with one attached hydrogen (secondary N) is 1. The number of pyridine rings is 1. The monoisotopic (exact) mass is 384 g/mol. The number of nitriles is 1. The van der Waals surface area contributed by atoms with E-state index in [1.807, 2.05) is 11.5 Å². The van der Waals surface area contributed by atoms with Crippen molar-refractivity contribution in [2.45, 2.75) is 30.5 Å². The minimum absolute atomic E-state index is 0.0165. The van der Waals surface area contributed by atoms with Crippen LogP contribution in [0.25, 0.3) is 0 Å². The first-order valence-corrected chi connectivity index (χ1v) is 7.76. The summed E-state index contributed by atoms with van der Waals surface area (Å²) in [5.41, 5.74) is -0.403. The van der Waals surface area contributed by atoms with E-state index in [0.717, 1.165) is 24.4 Å². The Hall–Kier alpha value is -2.93. The van der Waals surface area contributed by atoms with Crippen LogP contribution in [0.15, 0.2) is 30.5 Å². The van der Waals surface area contributed by atoms with Crippen molar-refractivity contribution in [3.63, 3.8) is 0 Å². The van der Waals surface area contributed by atoms with Crippen LogP contribution < -0.4 is 16.0 Å². The number of nitrogens with zero attached hydrogens (tertiary/aromatic N) is 2. The standard InChI is InChI=1S/C17H13F5N4O/c18-10-3-9(4-11(19)5-10)16(8-23)6-12(7-16)27-13-1-2-25-15(26-24)14(13)17(20,21)22/h1-5,12H,6-7,24H2,(H,25,26)/t12-,16-. The molecule has 142 valence electrons. The van der Waals surface area contributed by atoms with Gasteiger partial charge in [0.05, 0.1) is 11.5 Å². The minimum atomic E-state index is -4.77. The molecule has 10 heteroatoms. The Morgan fingerprint density at radius 2 is 1.85 bits per heavy atom. The van der Waals surface area contributed by atoms with Gasteiger partial charge < -0.3 is 10.2 Å². The molecule has 27 heavy (non-hydrogen) atoms. The quantitative estimate of drug-likeness (QED) is 0.477. The van der Waals surface area contributed by atoms with Gasteiger partial charge in [-0.15, -0.1) is 0 Å². The summed E-state index contributed by atoms with van der Waals surface area (Å²) in [4.78, 5) is 3.52. The molecule has 0 atom stereocenters. The Bertz CT molecular complexity index is 883. The number of ether oxygens (including phenoxy) is 1. The zero-order valence-electron chi connectivity index (χ0n) is 13.6. The number of hydrazine groups is 1. The third kappa shape index (κ3) is 3.50. The molecule has 0 radical (unpaired) electrons. The number of aromatic nitrogens is 1. The van der Waals surface area contributed by atoms with Gasteiger partial charge in [-0.25, -0.2) is 19.6 Å². The van der Waals surface area contributed by atoms with Gasteiger partial charge in [0.15, 0.2) is 5.82 Å². The van der Waals surface area contributed by atoms with Crippen LogP contribution in [0, 0.1) is 23.0 Å². The summed E-state index contributed by atoms with van der Waals surface area (Å²) < 4.78 is 72.1. The number of nitrogen functional groups attached to an aromatic ring is 1. The van der Waals surface area contributed by atoms with Gasteiger partial charge in [0, 0.05) is 25.1 Å². The predicted molar refractivity (Wildman–Crippen MR) is 84.3 cm³/mol. The van der Waals surface area contributed by atoms with E-state index in [-0.39, 0.29) is 18.4 Å². The van der Waals surface area contributed by atoms with E-state index in [1.165, 1.54) is 0 Å². The average molecular weight is 384 g/mol. The minimum Gasteiger partial charge on any atom is -0.489 e. The van der Waals surface area contributed by atoms with Crippen LogP contribution >= 0.6 is 0 Å². The highest BCUT2D eigenvalue weighted by molar-refractivity contribution is 5.53. The molecular formula is C17H13F5N4O. The number of benzene rings is 1. The van der Waals surface area contributed by atoms with Crippen LogP contribution in [-0.4, -0.2) is 11.1 Å². The molecule has 0 saturated heterocycles. The maximum atomic E-state index is 13.4. The molecule has 1 aromatic carbocycles. The van der Waals surface area contributed by atoms with Gasteiger partial charge in [-0.2, -0.15) is 18.4 Å². The first-order valence-electron chi connectivity index (χ1n) is 7.76. The lowest BCUT2D eigenvalue weighted by molar-refractivity contribution is -0.139. The topological polar surface area (TPSA) is 84.0 Å². The summed E-state index contributed by atoms with van der Waals surface area (Å²) >= 11 is 0. The number of anilines is 1. The third-order valence-corrected chi connectivity index (χ3v) is 4.41. The number of hydrogen-bond donors (Lipinski definition) is 2. The maximum absolute atomic E-state index is 13.4. The smallest absolute Gasteiger partial charge is 0.423 e. The molecule has 1 aromatic heterocycles. The lowest BCUT2D eigenvalue weighted by Gasteiger charge is -2.42. The van der Waals surface area contributed by atoms with Crippen molar-refractivity contribution in [3.8, 4) is 11.8 Å². The van der Waals surface area contributed by atoms with E-state index in [4.69, 9.17) is 10.6 Å². The van der Waals surface area contributed by atoms with E-state index in [0.29, 0.717) is 6.07 Å². The molecule has 5 nitrogen and oxygen atoms in total. The largest absolute Gasteiger partial charge is 0.489 e. The summed E-state index contributed by atoms with van der Waals surface area (Å²) in [6, 6.07) is 5.77. The maximum Gasteiger partial charge on any atom is 0.423 e. The van der Waals surface area contributed by atoms with Crippen molar-refractivity contribution in [1.29, 1.82) is 5.26 Å². The van der Waals surface area contributed by atoms with Crippen molar-refractivity contribution in [3.05, 3.63) is 53.2 Å². The first-order chi connectivity index (χ1) is 12.7. The van der Waals surface area contributed by atoms with Crippen molar-refractivity contribution < 1.29 is 26.7 Å². The van der Waals surface area contributed by atoms with E-state index in [9.17, 15) is 27.2 Å². The van der Waals surface area contributed by atoms with Gasteiger partial charge in [-0.05, 0) is 23.8 Å². The summed E-state index contributed by atoms with van der Waals surface area (Å²) in [5.74, 6) is 2.31. The van der Waals surface area contributed by atoms with Crippen LogP contribution in [0.5, 0.6) is 5.75 Å². The number of hydrogen-bond acceptors (Lipinski definition) is 5. The number of halogens is 5. The second-order valence-corrected chi connectivity index (χ2v) is 6.17. The SMILES string of the molecule is N#C[C@]1(c2cc(F)cc(F)c2)C[C@H](Oc2ccnc(NN)c2C(F)(F)F)C1. The number of nitrogens with two attached hydrogens (primary N) is 1. The fraction of sp³-hybridized carbons (Fsp3) is 0.294. The molecular weight excluding hydrogens is 371 g/mol. The lowest BCUT2D eigenvalue weighted by Crippen LogP contribution is -2.46. The molecule has 0 aliphatic heterocycles. The van der Waals surface area contributed by atoms with Gasteiger partial charge in [0.25, 0.3) is 0 Å². The highest BCUT2D eigenvalue weighted by Crippen LogP contribution is 2.47. The summed E-state index contributed by atoms with van der Waals surface area (Å²) in [7, 11) is 0. The molecule has 1 heterocycles. The molecule has 3 rings (SSSR count). The Morgan fingerprint density at radius 3 is 2.37 bits per heavy atom. The van der Waals surface area contributed by atoms with Crippen LogP contribution in [0.3, 0.4) is 0 Å². The summed E-state index contributed by atoms with van der Waals surface area (Å²) in [5, 5.41) is 9.45. The van der Waals surface area contributed by atoms with E-state index in [2.05, 4.69) is 4.98 Å². The molecule has 1 saturated carbocycles. The van der Waals surface area contributed by atoms with Gasteiger partial charge in [-0.1, -0.05) is 0 Å². The van der Waals surface area contributed by atoms with E-state index in [1.54, 1.807) is 0 Å². The van der Waals surface area contributed by atoms with Gasteiger partial charge in [0.2, 0.25) is 0 Å². The zero-order chi connectivity index (χ0) is 19.8. The van der Waals surface area contributed by atoms with Crippen molar-refractivity contribution in [2.75, 3.05) is 5.43 Å². The molecule has 0 unspecified atom stereocenters. The molecule has 2 aromatic rings. The number of alkyl halides is 3. The van der Waals surface area contributed by atoms with Crippen molar-refractivity contribution >= 4 is 5.82 Å². The second kappa shape index (κ2) is 6.66. The molecule has 1 aliphatic rings. The molecule has 3 N–H and O–H groups in total. The fourth-order valence-corrected chi connectivity index (χ4v) is 3.13. The van der Waals surface area contributed by atoms with Crippen molar-refractivity contribution in [2.24, 2.45) is 5.84 Å². The van der Waals surface area contributed by atoms with Gasteiger partial charge >= 0.3 is 6.18 Å². The van der Waals surface area contributed by atoms with Crippen LogP contribution in [0.2, 0.25) is 0 Å². The molecule has 0 bridgehead atoms. The average Bonchev–Trinajstić information content (AvgIpc) is 2.55. The van der Waals surface area contributed by atoms with Crippen LogP contribution in [0.4, 0.5) is 27.8 Å². The first kappa shape index (κ1) is 18.8. The molecule has 1 fully saturated rings. The van der Waals surface area contributed by atoms with Crippen LogP contribution in [-0.2, 0) is 11.6 Å². The highest BCUT2D eigenvalue weighted by Gasteiger charge is 2.49. The zero-order valence-corrected chi connectivity index (χ0v) is 13.6. The van der Waals surface area contributed by atoms with Crippen molar-refractivity contribution in [1.82, 2.24) is 4.98 Å². The summed E-state index contributed by atoms with van der Waals surface area (Å²) in [6.45, 7) is 0.